The Morgan fingerprint density at radius 2 is 2.11 bits per heavy atom. The van der Waals surface area contributed by atoms with E-state index in [1.54, 1.807) is 16.7 Å². The molecule has 1 atom stereocenters. The van der Waals surface area contributed by atoms with Gasteiger partial charge in [-0.05, 0) is 43.4 Å². The number of nitrogens with zero attached hydrogens (tertiary/aromatic N) is 1. The van der Waals surface area contributed by atoms with E-state index in [0.717, 1.165) is 6.54 Å². The molecule has 2 heterocycles. The summed E-state index contributed by atoms with van der Waals surface area (Å²) in [5.74, 6) is 0. The van der Waals surface area contributed by atoms with Crippen molar-refractivity contribution in [1.82, 2.24) is 4.90 Å². The van der Waals surface area contributed by atoms with Gasteiger partial charge in [-0.15, -0.1) is 0 Å². The number of fused-ring (bicyclic) bond motifs is 3. The minimum atomic E-state index is 0.602. The maximum atomic E-state index is 2.64. The number of rotatable bonds is 1. The topological polar surface area (TPSA) is 3.24 Å². The first-order chi connectivity index (χ1) is 8.79. The highest BCUT2D eigenvalue weighted by atomic mass is 15.2. The smallest absolute Gasteiger partial charge is 0.0394 e. The first kappa shape index (κ1) is 11.7. The Bertz CT molecular complexity index is 510. The molecule has 0 aromatic heterocycles. The van der Waals surface area contributed by atoms with Gasteiger partial charge in [0.05, 0.1) is 0 Å². The lowest BCUT2D eigenvalue weighted by Gasteiger charge is -2.41. The van der Waals surface area contributed by atoms with Crippen molar-refractivity contribution in [2.24, 2.45) is 0 Å². The molecule has 2 aliphatic rings. The van der Waals surface area contributed by atoms with Crippen molar-refractivity contribution in [3.8, 4) is 0 Å². The molecule has 1 unspecified atom stereocenters. The quantitative estimate of drug-likeness (QED) is 0.719. The molecule has 0 radical (unpaired) electrons. The molecule has 0 saturated carbocycles. The van der Waals surface area contributed by atoms with Gasteiger partial charge in [-0.1, -0.05) is 42.0 Å². The third kappa shape index (κ3) is 1.93. The zero-order valence-corrected chi connectivity index (χ0v) is 11.3. The molecule has 0 spiro atoms. The van der Waals surface area contributed by atoms with E-state index in [-0.39, 0.29) is 0 Å². The number of benzene rings is 1. The SMILES string of the molecule is C/C=C\C1=C(C)CN2CCc3ccccc3C2C1. The maximum Gasteiger partial charge on any atom is 0.0394 e. The van der Waals surface area contributed by atoms with Crippen LogP contribution in [0, 0.1) is 0 Å². The van der Waals surface area contributed by atoms with Gasteiger partial charge in [0, 0.05) is 19.1 Å². The second-order valence-corrected chi connectivity index (χ2v) is 5.44. The van der Waals surface area contributed by atoms with Crippen LogP contribution in [0.4, 0.5) is 0 Å². The molecular weight excluding hydrogens is 218 g/mol. The highest BCUT2D eigenvalue weighted by Crippen LogP contribution is 2.38. The third-order valence-electron chi connectivity index (χ3n) is 4.29. The van der Waals surface area contributed by atoms with Gasteiger partial charge in [0.1, 0.15) is 0 Å². The summed E-state index contributed by atoms with van der Waals surface area (Å²) in [6.07, 6.45) is 6.85. The van der Waals surface area contributed by atoms with Crippen LogP contribution in [0.3, 0.4) is 0 Å². The monoisotopic (exact) mass is 239 g/mol. The maximum absolute atomic E-state index is 2.64. The van der Waals surface area contributed by atoms with Crippen molar-refractivity contribution in [1.29, 1.82) is 0 Å². The van der Waals surface area contributed by atoms with Crippen LogP contribution in [-0.4, -0.2) is 18.0 Å². The van der Waals surface area contributed by atoms with E-state index < -0.39 is 0 Å². The number of hydrogen-bond donors (Lipinski definition) is 0. The van der Waals surface area contributed by atoms with Crippen LogP contribution in [0.15, 0.2) is 47.6 Å². The Morgan fingerprint density at radius 3 is 2.94 bits per heavy atom. The van der Waals surface area contributed by atoms with Gasteiger partial charge in [0.2, 0.25) is 0 Å². The van der Waals surface area contributed by atoms with Gasteiger partial charge < -0.3 is 0 Å². The predicted molar refractivity (Wildman–Crippen MR) is 76.6 cm³/mol. The summed E-state index contributed by atoms with van der Waals surface area (Å²) in [6.45, 7) is 6.74. The van der Waals surface area contributed by atoms with E-state index >= 15 is 0 Å². The summed E-state index contributed by atoms with van der Waals surface area (Å²) in [5.41, 5.74) is 6.19. The van der Waals surface area contributed by atoms with Gasteiger partial charge in [-0.3, -0.25) is 4.90 Å². The summed E-state index contributed by atoms with van der Waals surface area (Å²) in [7, 11) is 0. The highest BCUT2D eigenvalue weighted by molar-refractivity contribution is 5.38. The van der Waals surface area contributed by atoms with Crippen LogP contribution in [0.25, 0.3) is 0 Å². The zero-order valence-electron chi connectivity index (χ0n) is 11.3. The lowest BCUT2D eigenvalue weighted by molar-refractivity contribution is 0.188. The molecule has 1 nitrogen and oxygen atoms in total. The Labute approximate surface area is 110 Å². The van der Waals surface area contributed by atoms with Crippen LogP contribution in [-0.2, 0) is 6.42 Å². The fourth-order valence-corrected chi connectivity index (χ4v) is 3.33. The van der Waals surface area contributed by atoms with Crippen molar-refractivity contribution in [3.05, 3.63) is 58.7 Å². The summed E-state index contributed by atoms with van der Waals surface area (Å²) in [5, 5.41) is 0. The molecule has 18 heavy (non-hydrogen) atoms. The Hall–Kier alpha value is -1.34. The van der Waals surface area contributed by atoms with Crippen LogP contribution >= 0.6 is 0 Å². The second kappa shape index (κ2) is 4.74. The fraction of sp³-hybridized carbons (Fsp3) is 0.412. The Morgan fingerprint density at radius 1 is 1.28 bits per heavy atom. The molecule has 0 saturated heterocycles. The zero-order chi connectivity index (χ0) is 12.5. The molecule has 0 N–H and O–H groups in total. The molecule has 94 valence electrons. The van der Waals surface area contributed by atoms with Gasteiger partial charge in [0.15, 0.2) is 0 Å². The normalized spacial score (nSPS) is 24.2. The van der Waals surface area contributed by atoms with Gasteiger partial charge in [-0.25, -0.2) is 0 Å². The van der Waals surface area contributed by atoms with Crippen molar-refractivity contribution in [2.45, 2.75) is 32.7 Å². The minimum Gasteiger partial charge on any atom is -0.292 e. The van der Waals surface area contributed by atoms with E-state index in [2.05, 4.69) is 55.2 Å². The van der Waals surface area contributed by atoms with Crippen molar-refractivity contribution in [2.75, 3.05) is 13.1 Å². The van der Waals surface area contributed by atoms with Gasteiger partial charge >= 0.3 is 0 Å². The average molecular weight is 239 g/mol. The summed E-state index contributed by atoms with van der Waals surface area (Å²) in [4.78, 5) is 2.64. The van der Waals surface area contributed by atoms with Crippen molar-refractivity contribution < 1.29 is 0 Å². The first-order valence-electron chi connectivity index (χ1n) is 6.92. The number of allylic oxidation sites excluding steroid dienone is 2. The Balaban J connectivity index is 1.98. The molecule has 1 aromatic rings. The third-order valence-corrected chi connectivity index (χ3v) is 4.29. The average Bonchev–Trinajstić information content (AvgIpc) is 2.40. The van der Waals surface area contributed by atoms with Crippen molar-refractivity contribution >= 4 is 0 Å². The van der Waals surface area contributed by atoms with E-state index in [0.29, 0.717) is 6.04 Å². The number of hydrogen-bond acceptors (Lipinski definition) is 1. The molecule has 2 aliphatic heterocycles. The summed E-state index contributed by atoms with van der Waals surface area (Å²) >= 11 is 0. The summed E-state index contributed by atoms with van der Waals surface area (Å²) in [6, 6.07) is 9.58. The van der Waals surface area contributed by atoms with E-state index in [4.69, 9.17) is 0 Å². The lowest BCUT2D eigenvalue weighted by atomic mass is 9.84. The summed E-state index contributed by atoms with van der Waals surface area (Å²) < 4.78 is 0. The molecule has 0 fully saturated rings. The fourth-order valence-electron chi connectivity index (χ4n) is 3.33. The van der Waals surface area contributed by atoms with Gasteiger partial charge in [-0.2, -0.15) is 0 Å². The molecule has 0 bridgehead atoms. The molecule has 0 aliphatic carbocycles. The van der Waals surface area contributed by atoms with E-state index in [1.165, 1.54) is 25.0 Å². The van der Waals surface area contributed by atoms with Gasteiger partial charge in [0.25, 0.3) is 0 Å². The first-order valence-corrected chi connectivity index (χ1v) is 6.92. The second-order valence-electron chi connectivity index (χ2n) is 5.44. The van der Waals surface area contributed by atoms with Crippen LogP contribution in [0.5, 0.6) is 0 Å². The van der Waals surface area contributed by atoms with E-state index in [1.807, 2.05) is 0 Å². The molecule has 3 rings (SSSR count). The largest absolute Gasteiger partial charge is 0.292 e. The standard InChI is InChI=1S/C17H21N/c1-3-6-15-11-17-16-8-5-4-7-14(16)9-10-18(17)12-13(15)2/h3-8,17H,9-12H2,1-2H3/b6-3-. The van der Waals surface area contributed by atoms with Crippen LogP contribution in [0.1, 0.15) is 37.4 Å². The predicted octanol–water partition coefficient (Wildman–Crippen LogP) is 3.88. The highest BCUT2D eigenvalue weighted by Gasteiger charge is 2.30. The van der Waals surface area contributed by atoms with Crippen LogP contribution < -0.4 is 0 Å². The lowest BCUT2D eigenvalue weighted by Crippen LogP contribution is -2.39. The molecule has 1 heteroatoms. The Kier molecular flexibility index (Phi) is 3.09. The molecule has 1 aromatic carbocycles. The molecular formula is C17H21N. The molecule has 0 amide bonds. The van der Waals surface area contributed by atoms with E-state index in [9.17, 15) is 0 Å². The van der Waals surface area contributed by atoms with Crippen LogP contribution in [0.2, 0.25) is 0 Å². The van der Waals surface area contributed by atoms with Crippen molar-refractivity contribution in [3.63, 3.8) is 0 Å². The minimum absolute atomic E-state index is 0.602.